The topological polar surface area (TPSA) is 20.3 Å². The Morgan fingerprint density at radius 3 is 2.33 bits per heavy atom. The maximum atomic E-state index is 11.0. The van der Waals surface area contributed by atoms with Crippen molar-refractivity contribution >= 4 is 5.91 Å². The second-order valence-electron chi connectivity index (χ2n) is 3.82. The average molecular weight is 168 g/mol. The first-order chi connectivity index (χ1) is 5.61. The SMILES string of the molecule is C[C]1CCC(N(C)C(C)=O)CC1. The molecular weight excluding hydrogens is 150 g/mol. The molecule has 0 aromatic heterocycles. The molecule has 69 valence electrons. The van der Waals surface area contributed by atoms with E-state index < -0.39 is 0 Å². The fraction of sp³-hybridized carbons (Fsp3) is 0.800. The minimum absolute atomic E-state index is 0.194. The van der Waals surface area contributed by atoms with Crippen LogP contribution in [0.4, 0.5) is 0 Å². The monoisotopic (exact) mass is 168 g/mol. The molecule has 0 saturated heterocycles. The Bertz CT molecular complexity index is 159. The van der Waals surface area contributed by atoms with Crippen molar-refractivity contribution in [3.8, 4) is 0 Å². The first kappa shape index (κ1) is 9.56. The molecule has 0 aromatic carbocycles. The summed E-state index contributed by atoms with van der Waals surface area (Å²) in [5.74, 6) is 1.78. The number of rotatable bonds is 1. The van der Waals surface area contributed by atoms with Gasteiger partial charge in [-0.2, -0.15) is 0 Å². The van der Waals surface area contributed by atoms with Crippen LogP contribution in [0.3, 0.4) is 0 Å². The lowest BCUT2D eigenvalue weighted by Gasteiger charge is -2.32. The smallest absolute Gasteiger partial charge is 0.219 e. The summed E-state index contributed by atoms with van der Waals surface area (Å²) in [4.78, 5) is 12.9. The third-order valence-electron chi connectivity index (χ3n) is 2.85. The van der Waals surface area contributed by atoms with Gasteiger partial charge in [0.15, 0.2) is 0 Å². The highest BCUT2D eigenvalue weighted by molar-refractivity contribution is 5.73. The summed E-state index contributed by atoms with van der Waals surface area (Å²) in [5, 5.41) is 0. The second kappa shape index (κ2) is 3.92. The van der Waals surface area contributed by atoms with Crippen molar-refractivity contribution in [1.82, 2.24) is 4.90 Å². The third-order valence-corrected chi connectivity index (χ3v) is 2.85. The van der Waals surface area contributed by atoms with E-state index in [0.29, 0.717) is 6.04 Å². The Labute approximate surface area is 74.9 Å². The molecule has 0 atom stereocenters. The number of carbonyl (C=O) groups is 1. The van der Waals surface area contributed by atoms with Gasteiger partial charge in [0.1, 0.15) is 0 Å². The van der Waals surface area contributed by atoms with Crippen LogP contribution in [0.1, 0.15) is 39.5 Å². The number of carbonyl (C=O) groups excluding carboxylic acids is 1. The molecule has 1 amide bonds. The van der Waals surface area contributed by atoms with Gasteiger partial charge in [-0.15, -0.1) is 0 Å². The van der Waals surface area contributed by atoms with Crippen LogP contribution in [0.2, 0.25) is 0 Å². The van der Waals surface area contributed by atoms with Crippen molar-refractivity contribution in [2.45, 2.75) is 45.6 Å². The van der Waals surface area contributed by atoms with Gasteiger partial charge >= 0.3 is 0 Å². The van der Waals surface area contributed by atoms with E-state index in [1.54, 1.807) is 12.8 Å². The molecule has 0 aliphatic heterocycles. The highest BCUT2D eigenvalue weighted by Crippen LogP contribution is 2.27. The van der Waals surface area contributed by atoms with E-state index in [9.17, 15) is 4.79 Å². The van der Waals surface area contributed by atoms with Gasteiger partial charge in [-0.05, 0) is 31.6 Å². The summed E-state index contributed by atoms with van der Waals surface area (Å²) in [5.41, 5.74) is 0. The minimum Gasteiger partial charge on any atom is -0.343 e. The first-order valence-corrected chi connectivity index (χ1v) is 4.66. The van der Waals surface area contributed by atoms with Crippen LogP contribution >= 0.6 is 0 Å². The molecule has 0 bridgehead atoms. The van der Waals surface area contributed by atoms with E-state index in [4.69, 9.17) is 0 Å². The van der Waals surface area contributed by atoms with Gasteiger partial charge < -0.3 is 4.90 Å². The van der Waals surface area contributed by atoms with E-state index in [1.165, 1.54) is 12.8 Å². The van der Waals surface area contributed by atoms with E-state index in [1.807, 2.05) is 11.9 Å². The van der Waals surface area contributed by atoms with E-state index in [0.717, 1.165) is 12.8 Å². The van der Waals surface area contributed by atoms with Crippen LogP contribution < -0.4 is 0 Å². The Kier molecular flexibility index (Phi) is 3.12. The zero-order valence-electron chi connectivity index (χ0n) is 8.26. The Balaban J connectivity index is 2.39. The Hall–Kier alpha value is -0.530. The van der Waals surface area contributed by atoms with Crippen LogP contribution in [-0.4, -0.2) is 23.9 Å². The van der Waals surface area contributed by atoms with Crippen molar-refractivity contribution in [1.29, 1.82) is 0 Å². The van der Waals surface area contributed by atoms with Crippen molar-refractivity contribution in [2.24, 2.45) is 0 Å². The molecule has 2 heteroatoms. The van der Waals surface area contributed by atoms with Gasteiger partial charge in [0.05, 0.1) is 0 Å². The summed E-state index contributed by atoms with van der Waals surface area (Å²) in [6.45, 7) is 3.86. The van der Waals surface area contributed by atoms with Gasteiger partial charge in [-0.1, -0.05) is 6.92 Å². The van der Waals surface area contributed by atoms with Gasteiger partial charge in [0.25, 0.3) is 0 Å². The molecule has 1 aliphatic rings. The largest absolute Gasteiger partial charge is 0.343 e. The molecule has 1 saturated carbocycles. The van der Waals surface area contributed by atoms with Crippen molar-refractivity contribution in [3.05, 3.63) is 5.92 Å². The lowest BCUT2D eigenvalue weighted by molar-refractivity contribution is -0.130. The lowest BCUT2D eigenvalue weighted by atomic mass is 9.87. The molecule has 0 unspecified atom stereocenters. The van der Waals surface area contributed by atoms with Gasteiger partial charge in [-0.25, -0.2) is 0 Å². The zero-order chi connectivity index (χ0) is 9.14. The van der Waals surface area contributed by atoms with Crippen LogP contribution in [0.25, 0.3) is 0 Å². The predicted molar refractivity (Wildman–Crippen MR) is 49.6 cm³/mol. The molecule has 1 aliphatic carbocycles. The van der Waals surface area contributed by atoms with Crippen LogP contribution in [0.5, 0.6) is 0 Å². The number of nitrogens with zero attached hydrogens (tertiary/aromatic N) is 1. The number of hydrogen-bond donors (Lipinski definition) is 0. The molecule has 2 nitrogen and oxygen atoms in total. The highest BCUT2D eigenvalue weighted by atomic mass is 16.2. The quantitative estimate of drug-likeness (QED) is 0.586. The fourth-order valence-electron chi connectivity index (χ4n) is 1.74. The van der Waals surface area contributed by atoms with E-state index >= 15 is 0 Å². The normalized spacial score (nSPS) is 20.9. The van der Waals surface area contributed by atoms with Crippen molar-refractivity contribution in [2.75, 3.05) is 7.05 Å². The number of hydrogen-bond acceptors (Lipinski definition) is 1. The molecular formula is C10H18NO. The zero-order valence-corrected chi connectivity index (χ0v) is 8.26. The highest BCUT2D eigenvalue weighted by Gasteiger charge is 2.22. The van der Waals surface area contributed by atoms with Gasteiger partial charge in [0.2, 0.25) is 5.91 Å². The molecule has 0 spiro atoms. The van der Waals surface area contributed by atoms with Gasteiger partial charge in [-0.3, -0.25) is 4.79 Å². The van der Waals surface area contributed by atoms with E-state index in [-0.39, 0.29) is 5.91 Å². The maximum absolute atomic E-state index is 11.0. The van der Waals surface area contributed by atoms with Crippen molar-refractivity contribution in [3.63, 3.8) is 0 Å². The molecule has 1 rings (SSSR count). The maximum Gasteiger partial charge on any atom is 0.219 e. The second-order valence-corrected chi connectivity index (χ2v) is 3.82. The van der Waals surface area contributed by atoms with Crippen LogP contribution in [-0.2, 0) is 4.79 Å². The lowest BCUT2D eigenvalue weighted by Crippen LogP contribution is -2.37. The summed E-state index contributed by atoms with van der Waals surface area (Å²) in [7, 11) is 1.91. The standard InChI is InChI=1S/C10H18NO/c1-8-4-6-10(7-5-8)11(3)9(2)12/h10H,4-7H2,1-3H3. The Morgan fingerprint density at radius 2 is 1.92 bits per heavy atom. The average Bonchev–Trinajstić information content (AvgIpc) is 2.04. The number of amides is 1. The van der Waals surface area contributed by atoms with Crippen LogP contribution in [0, 0.1) is 5.92 Å². The summed E-state index contributed by atoms with van der Waals surface area (Å²) in [6.07, 6.45) is 4.70. The minimum atomic E-state index is 0.194. The Morgan fingerprint density at radius 1 is 1.42 bits per heavy atom. The molecule has 0 N–H and O–H groups in total. The molecule has 1 radical (unpaired) electrons. The van der Waals surface area contributed by atoms with Gasteiger partial charge in [0, 0.05) is 20.0 Å². The van der Waals surface area contributed by atoms with Crippen molar-refractivity contribution < 1.29 is 4.79 Å². The molecule has 1 fully saturated rings. The summed E-state index contributed by atoms with van der Waals surface area (Å²) >= 11 is 0. The molecule has 0 aromatic rings. The third kappa shape index (κ3) is 2.23. The molecule has 0 heterocycles. The summed E-state index contributed by atoms with van der Waals surface area (Å²) in [6, 6.07) is 0.492. The molecule has 12 heavy (non-hydrogen) atoms. The van der Waals surface area contributed by atoms with E-state index in [2.05, 4.69) is 6.92 Å². The van der Waals surface area contributed by atoms with Crippen LogP contribution in [0.15, 0.2) is 0 Å². The first-order valence-electron chi connectivity index (χ1n) is 4.66. The summed E-state index contributed by atoms with van der Waals surface area (Å²) < 4.78 is 0. The predicted octanol–water partition coefficient (Wildman–Crippen LogP) is 2.00. The fourth-order valence-corrected chi connectivity index (χ4v) is 1.74.